The van der Waals surface area contributed by atoms with Crippen LogP contribution in [0.2, 0.25) is 10.0 Å². The van der Waals surface area contributed by atoms with E-state index >= 15 is 0 Å². The van der Waals surface area contributed by atoms with Gasteiger partial charge in [-0.1, -0.05) is 29.3 Å². The molecule has 0 unspecified atom stereocenters. The van der Waals surface area contributed by atoms with E-state index in [1.54, 1.807) is 43.3 Å². The molecule has 0 aliphatic heterocycles. The minimum Gasteiger partial charge on any atom is -0.449 e. The largest absolute Gasteiger partial charge is 0.449 e. The zero-order valence-electron chi connectivity index (χ0n) is 13.4. The Morgan fingerprint density at radius 3 is 2.40 bits per heavy atom. The number of halogens is 2. The number of furan rings is 1. The highest BCUT2D eigenvalue weighted by Gasteiger charge is 2.20. The van der Waals surface area contributed by atoms with Crippen LogP contribution in [0.3, 0.4) is 0 Å². The summed E-state index contributed by atoms with van der Waals surface area (Å²) in [7, 11) is 0. The number of amides is 2. The van der Waals surface area contributed by atoms with Crippen LogP contribution in [-0.2, 0) is 4.79 Å². The first-order valence-electron chi connectivity index (χ1n) is 7.42. The second-order valence-corrected chi connectivity index (χ2v) is 6.38. The van der Waals surface area contributed by atoms with E-state index in [1.807, 2.05) is 0 Å². The minimum atomic E-state index is -0.416. The van der Waals surface area contributed by atoms with Crippen LogP contribution in [0, 0.1) is 6.92 Å². The molecule has 3 rings (SSSR count). The van der Waals surface area contributed by atoms with Gasteiger partial charge in [0.25, 0.3) is 5.91 Å². The van der Waals surface area contributed by atoms with Gasteiger partial charge in [0.15, 0.2) is 11.3 Å². The monoisotopic (exact) mass is 376 g/mol. The fourth-order valence-electron chi connectivity index (χ4n) is 2.53. The third-order valence-corrected chi connectivity index (χ3v) is 4.10. The number of nitrogens with one attached hydrogen (secondary N) is 2. The van der Waals surface area contributed by atoms with Crippen LogP contribution in [-0.4, -0.2) is 11.8 Å². The Labute approximate surface area is 153 Å². The van der Waals surface area contributed by atoms with Crippen LogP contribution in [0.5, 0.6) is 0 Å². The van der Waals surface area contributed by atoms with Crippen LogP contribution in [0.4, 0.5) is 11.4 Å². The summed E-state index contributed by atoms with van der Waals surface area (Å²) in [5, 5.41) is 6.91. The van der Waals surface area contributed by atoms with Crippen molar-refractivity contribution in [1.82, 2.24) is 0 Å². The van der Waals surface area contributed by atoms with Crippen LogP contribution in [0.25, 0.3) is 11.0 Å². The second-order valence-electron chi connectivity index (χ2n) is 5.54. The molecular formula is C18H14Cl2N2O3. The van der Waals surface area contributed by atoms with Gasteiger partial charge in [0.05, 0.1) is 5.02 Å². The first kappa shape index (κ1) is 17.3. The lowest BCUT2D eigenvalue weighted by Gasteiger charge is -2.07. The Balaban J connectivity index is 1.92. The van der Waals surface area contributed by atoms with E-state index < -0.39 is 5.91 Å². The lowest BCUT2D eigenvalue weighted by atomic mass is 10.1. The van der Waals surface area contributed by atoms with Gasteiger partial charge in [0, 0.05) is 34.3 Å². The number of benzene rings is 2. The van der Waals surface area contributed by atoms with Gasteiger partial charge in [-0.25, -0.2) is 0 Å². The van der Waals surface area contributed by atoms with Gasteiger partial charge in [-0.15, -0.1) is 0 Å². The van der Waals surface area contributed by atoms with Crippen LogP contribution in [0.15, 0.2) is 40.8 Å². The molecule has 0 atom stereocenters. The number of anilines is 2. The van der Waals surface area contributed by atoms with Crippen LogP contribution >= 0.6 is 23.2 Å². The predicted molar refractivity (Wildman–Crippen MR) is 99.7 cm³/mol. The lowest BCUT2D eigenvalue weighted by Crippen LogP contribution is -2.12. The van der Waals surface area contributed by atoms with Crippen molar-refractivity contribution in [1.29, 1.82) is 0 Å². The molecule has 0 bridgehead atoms. The zero-order chi connectivity index (χ0) is 18.1. The molecule has 7 heteroatoms. The molecule has 128 valence electrons. The van der Waals surface area contributed by atoms with Gasteiger partial charge >= 0.3 is 0 Å². The number of carbonyl (C=O) groups is 2. The fraction of sp³-hybridized carbons (Fsp3) is 0.111. The zero-order valence-corrected chi connectivity index (χ0v) is 15.0. The van der Waals surface area contributed by atoms with Crippen molar-refractivity contribution in [2.45, 2.75) is 13.8 Å². The summed E-state index contributed by atoms with van der Waals surface area (Å²) in [6, 6.07) is 10.1. The minimum absolute atomic E-state index is 0.157. The summed E-state index contributed by atoms with van der Waals surface area (Å²) in [6.07, 6.45) is 0. The van der Waals surface area contributed by atoms with Crippen LogP contribution in [0.1, 0.15) is 23.0 Å². The van der Waals surface area contributed by atoms with E-state index in [2.05, 4.69) is 10.6 Å². The molecule has 5 nitrogen and oxygen atoms in total. The molecule has 0 spiro atoms. The Morgan fingerprint density at radius 1 is 1.04 bits per heavy atom. The first-order valence-corrected chi connectivity index (χ1v) is 8.18. The fourth-order valence-corrected chi connectivity index (χ4v) is 3.06. The SMILES string of the molecule is CC(=O)Nc1cccc(NC(=O)c2oc3c(Cl)cc(Cl)cc3c2C)c1. The van der Waals surface area contributed by atoms with Gasteiger partial charge < -0.3 is 15.1 Å². The lowest BCUT2D eigenvalue weighted by molar-refractivity contribution is -0.114. The molecule has 3 aromatic rings. The molecule has 2 N–H and O–H groups in total. The van der Waals surface area contributed by atoms with Crippen molar-refractivity contribution in [3.8, 4) is 0 Å². The molecule has 0 aliphatic rings. The topological polar surface area (TPSA) is 71.3 Å². The number of carbonyl (C=O) groups excluding carboxylic acids is 2. The van der Waals surface area contributed by atoms with Gasteiger partial charge in [-0.3, -0.25) is 9.59 Å². The Hall–Kier alpha value is -2.50. The molecule has 0 fully saturated rings. The number of hydrogen-bond acceptors (Lipinski definition) is 3. The number of aryl methyl sites for hydroxylation is 1. The Morgan fingerprint density at radius 2 is 1.72 bits per heavy atom. The maximum atomic E-state index is 12.6. The highest BCUT2D eigenvalue weighted by atomic mass is 35.5. The number of rotatable bonds is 3. The van der Waals surface area contributed by atoms with Gasteiger partial charge in [0.2, 0.25) is 5.91 Å². The van der Waals surface area contributed by atoms with Crippen molar-refractivity contribution in [3.05, 3.63) is 57.8 Å². The third kappa shape index (κ3) is 3.62. The summed E-state index contributed by atoms with van der Waals surface area (Å²) in [6.45, 7) is 3.18. The van der Waals surface area contributed by atoms with Crippen molar-refractivity contribution in [2.24, 2.45) is 0 Å². The molecular weight excluding hydrogens is 363 g/mol. The van der Waals surface area contributed by atoms with E-state index in [9.17, 15) is 9.59 Å². The Kier molecular flexibility index (Phi) is 4.70. The molecule has 25 heavy (non-hydrogen) atoms. The first-order chi connectivity index (χ1) is 11.8. The average Bonchev–Trinajstić information content (AvgIpc) is 2.85. The second kappa shape index (κ2) is 6.78. The van der Waals surface area contributed by atoms with Crippen molar-refractivity contribution < 1.29 is 14.0 Å². The standard InChI is InChI=1S/C18H14Cl2N2O3/c1-9-14-6-11(19)7-15(20)17(14)25-16(9)18(24)22-13-5-3-4-12(8-13)21-10(2)23/h3-8H,1-2H3,(H,21,23)(H,22,24). The van der Waals surface area contributed by atoms with Crippen LogP contribution < -0.4 is 10.6 Å². The van der Waals surface area contributed by atoms with E-state index in [1.165, 1.54) is 6.92 Å². The smallest absolute Gasteiger partial charge is 0.291 e. The number of hydrogen-bond donors (Lipinski definition) is 2. The average molecular weight is 377 g/mol. The summed E-state index contributed by atoms with van der Waals surface area (Å²) in [4.78, 5) is 23.7. The molecule has 0 saturated heterocycles. The van der Waals surface area contributed by atoms with Crippen molar-refractivity contribution in [3.63, 3.8) is 0 Å². The van der Waals surface area contributed by atoms with Gasteiger partial charge in [0.1, 0.15) is 0 Å². The molecule has 2 aromatic carbocycles. The van der Waals surface area contributed by atoms with E-state index in [0.29, 0.717) is 38.0 Å². The van der Waals surface area contributed by atoms with Crippen molar-refractivity contribution >= 4 is 57.4 Å². The number of fused-ring (bicyclic) bond motifs is 1. The summed E-state index contributed by atoms with van der Waals surface area (Å²) >= 11 is 12.1. The Bertz CT molecular complexity index is 995. The van der Waals surface area contributed by atoms with E-state index in [-0.39, 0.29) is 11.7 Å². The molecule has 1 heterocycles. The summed E-state index contributed by atoms with van der Waals surface area (Å²) in [5.41, 5.74) is 2.18. The van der Waals surface area contributed by atoms with E-state index in [4.69, 9.17) is 27.6 Å². The maximum Gasteiger partial charge on any atom is 0.291 e. The normalized spacial score (nSPS) is 10.7. The third-order valence-electron chi connectivity index (χ3n) is 3.60. The predicted octanol–water partition coefficient (Wildman–Crippen LogP) is 5.26. The molecule has 0 saturated carbocycles. The molecule has 1 aromatic heterocycles. The van der Waals surface area contributed by atoms with Gasteiger partial charge in [-0.2, -0.15) is 0 Å². The van der Waals surface area contributed by atoms with E-state index in [0.717, 1.165) is 0 Å². The molecule has 2 amide bonds. The highest BCUT2D eigenvalue weighted by molar-refractivity contribution is 6.38. The summed E-state index contributed by atoms with van der Waals surface area (Å²) < 4.78 is 5.64. The molecule has 0 radical (unpaired) electrons. The molecule has 0 aliphatic carbocycles. The van der Waals surface area contributed by atoms with Gasteiger partial charge in [-0.05, 0) is 37.3 Å². The quantitative estimate of drug-likeness (QED) is 0.654. The van der Waals surface area contributed by atoms with Crippen molar-refractivity contribution in [2.75, 3.05) is 10.6 Å². The highest BCUT2D eigenvalue weighted by Crippen LogP contribution is 2.34. The maximum absolute atomic E-state index is 12.6. The summed E-state index contributed by atoms with van der Waals surface area (Å²) in [5.74, 6) is -0.451.